The molecule has 0 amide bonds. The molecule has 0 bridgehead atoms. The number of ether oxygens (including phenoxy) is 1. The molecule has 7 nitrogen and oxygen atoms in total. The number of methoxy groups -OCH3 is 1. The van der Waals surface area contributed by atoms with E-state index >= 15 is 0 Å². The van der Waals surface area contributed by atoms with Crippen LogP contribution in [0.3, 0.4) is 0 Å². The molecule has 0 radical (unpaired) electrons. The number of nitrogens with two attached hydrogens (primary N) is 1. The lowest BCUT2D eigenvalue weighted by atomic mass is 10.2. The lowest BCUT2D eigenvalue weighted by molar-refractivity contribution is -0.139. The molecule has 0 unspecified atom stereocenters. The van der Waals surface area contributed by atoms with Crippen LogP contribution in [0.25, 0.3) is 0 Å². The molecular weight excluding hydrogens is 236 g/mol. The van der Waals surface area contributed by atoms with Crippen LogP contribution in [0.4, 0.5) is 11.5 Å². The first kappa shape index (κ1) is 12.4. The predicted molar refractivity (Wildman–Crippen MR) is 66.8 cm³/mol. The van der Waals surface area contributed by atoms with E-state index < -0.39 is 12.0 Å². The number of aliphatic carboxylic acids is 1. The highest BCUT2D eigenvalue weighted by Crippen LogP contribution is 2.29. The molecule has 98 valence electrons. The highest BCUT2D eigenvalue weighted by molar-refractivity contribution is 5.75. The second-order valence-corrected chi connectivity index (χ2v) is 4.07. The standard InChI is InChI=1S/C11H16N4O3/c1-18-9-4-10(12)14-5-8(9)15-3-2-13-7(6-15)11(16)17/h4-5,7,13H,2-3,6H2,1H3,(H2,12,14)(H,16,17)/t7-/m1/s1. The minimum Gasteiger partial charge on any atom is -0.494 e. The van der Waals surface area contributed by atoms with E-state index in [0.29, 0.717) is 31.2 Å². The molecule has 2 heterocycles. The zero-order valence-electron chi connectivity index (χ0n) is 10.1. The minimum absolute atomic E-state index is 0.372. The van der Waals surface area contributed by atoms with Gasteiger partial charge in [-0.3, -0.25) is 4.79 Å². The molecule has 18 heavy (non-hydrogen) atoms. The smallest absolute Gasteiger partial charge is 0.322 e. The Balaban J connectivity index is 2.22. The number of piperazine rings is 1. The third kappa shape index (κ3) is 2.45. The third-order valence-corrected chi connectivity index (χ3v) is 2.90. The zero-order chi connectivity index (χ0) is 13.1. The quantitative estimate of drug-likeness (QED) is 0.669. The molecule has 1 aliphatic heterocycles. The molecule has 0 spiro atoms. The average Bonchev–Trinajstić information content (AvgIpc) is 2.38. The number of anilines is 2. The van der Waals surface area contributed by atoms with Crippen LogP contribution >= 0.6 is 0 Å². The number of nitrogens with zero attached hydrogens (tertiary/aromatic N) is 2. The summed E-state index contributed by atoms with van der Waals surface area (Å²) in [5, 5.41) is 12.0. The fraction of sp³-hybridized carbons (Fsp3) is 0.455. The van der Waals surface area contributed by atoms with E-state index in [1.54, 1.807) is 19.4 Å². The summed E-state index contributed by atoms with van der Waals surface area (Å²) in [4.78, 5) is 16.9. The van der Waals surface area contributed by atoms with Crippen LogP contribution < -0.4 is 20.7 Å². The molecule has 1 saturated heterocycles. The van der Waals surface area contributed by atoms with Crippen LogP contribution in [0.2, 0.25) is 0 Å². The Labute approximate surface area is 105 Å². The van der Waals surface area contributed by atoms with Gasteiger partial charge in [0.25, 0.3) is 0 Å². The summed E-state index contributed by atoms with van der Waals surface area (Å²) in [6.07, 6.45) is 1.61. The number of nitrogen functional groups attached to an aromatic ring is 1. The normalized spacial score (nSPS) is 19.6. The van der Waals surface area contributed by atoms with Crippen molar-refractivity contribution in [3.63, 3.8) is 0 Å². The van der Waals surface area contributed by atoms with Crippen molar-refractivity contribution in [3.8, 4) is 5.75 Å². The zero-order valence-corrected chi connectivity index (χ0v) is 10.1. The summed E-state index contributed by atoms with van der Waals surface area (Å²) in [5.41, 5.74) is 6.36. The second-order valence-electron chi connectivity index (χ2n) is 4.07. The lowest BCUT2D eigenvalue weighted by Crippen LogP contribution is -2.54. The van der Waals surface area contributed by atoms with E-state index in [4.69, 9.17) is 15.6 Å². The van der Waals surface area contributed by atoms with E-state index in [9.17, 15) is 4.79 Å². The van der Waals surface area contributed by atoms with E-state index in [1.165, 1.54) is 0 Å². The number of hydrogen-bond acceptors (Lipinski definition) is 6. The molecule has 7 heteroatoms. The molecular formula is C11H16N4O3. The third-order valence-electron chi connectivity index (χ3n) is 2.90. The number of carboxylic acid groups (broad SMARTS) is 1. The summed E-state index contributed by atoms with van der Waals surface area (Å²) in [5.74, 6) is 0.121. The molecule has 1 atom stereocenters. The Morgan fingerprint density at radius 1 is 1.72 bits per heavy atom. The van der Waals surface area contributed by atoms with Gasteiger partial charge in [0.15, 0.2) is 0 Å². The van der Waals surface area contributed by atoms with Crippen LogP contribution in [0.1, 0.15) is 0 Å². The van der Waals surface area contributed by atoms with Gasteiger partial charge in [-0.15, -0.1) is 0 Å². The Kier molecular flexibility index (Phi) is 3.52. The summed E-state index contributed by atoms with van der Waals surface area (Å²) in [6, 6.07) is 1.05. The number of aromatic nitrogens is 1. The van der Waals surface area contributed by atoms with E-state index in [2.05, 4.69) is 10.3 Å². The van der Waals surface area contributed by atoms with Crippen molar-refractivity contribution in [3.05, 3.63) is 12.3 Å². The van der Waals surface area contributed by atoms with Gasteiger partial charge in [0.1, 0.15) is 17.6 Å². The minimum atomic E-state index is -0.859. The van der Waals surface area contributed by atoms with Crippen LogP contribution in [-0.4, -0.2) is 48.8 Å². The van der Waals surface area contributed by atoms with E-state index in [1.807, 2.05) is 4.90 Å². The van der Waals surface area contributed by atoms with Gasteiger partial charge >= 0.3 is 5.97 Å². The number of pyridine rings is 1. The van der Waals surface area contributed by atoms with Crippen molar-refractivity contribution in [2.24, 2.45) is 0 Å². The van der Waals surface area contributed by atoms with Crippen molar-refractivity contribution in [1.29, 1.82) is 0 Å². The van der Waals surface area contributed by atoms with Crippen molar-refractivity contribution in [2.45, 2.75) is 6.04 Å². The summed E-state index contributed by atoms with van der Waals surface area (Å²) in [6.45, 7) is 1.67. The Bertz CT molecular complexity index is 452. The maximum atomic E-state index is 11.0. The van der Waals surface area contributed by atoms with Gasteiger partial charge in [0.2, 0.25) is 0 Å². The van der Waals surface area contributed by atoms with Gasteiger partial charge in [0, 0.05) is 25.7 Å². The molecule has 0 aliphatic carbocycles. The van der Waals surface area contributed by atoms with Crippen LogP contribution in [0.5, 0.6) is 5.75 Å². The Hall–Kier alpha value is -2.02. The molecule has 0 aromatic carbocycles. The van der Waals surface area contributed by atoms with Gasteiger partial charge in [-0.2, -0.15) is 0 Å². The average molecular weight is 252 g/mol. The highest BCUT2D eigenvalue weighted by atomic mass is 16.5. The molecule has 1 aromatic rings. The number of carbonyl (C=O) groups is 1. The van der Waals surface area contributed by atoms with Crippen LogP contribution in [-0.2, 0) is 4.79 Å². The van der Waals surface area contributed by atoms with Gasteiger partial charge in [-0.1, -0.05) is 0 Å². The monoisotopic (exact) mass is 252 g/mol. The van der Waals surface area contributed by atoms with Gasteiger partial charge in [-0.05, 0) is 0 Å². The molecule has 2 rings (SSSR count). The topological polar surface area (TPSA) is 101 Å². The van der Waals surface area contributed by atoms with Gasteiger partial charge in [-0.25, -0.2) is 4.98 Å². The maximum Gasteiger partial charge on any atom is 0.322 e. The Morgan fingerprint density at radius 3 is 3.17 bits per heavy atom. The van der Waals surface area contributed by atoms with Gasteiger partial charge in [0.05, 0.1) is 19.0 Å². The molecule has 0 saturated carbocycles. The maximum absolute atomic E-state index is 11.0. The molecule has 1 aliphatic rings. The van der Waals surface area contributed by atoms with E-state index in [0.717, 1.165) is 5.69 Å². The summed E-state index contributed by atoms with van der Waals surface area (Å²) < 4.78 is 5.25. The molecule has 1 fully saturated rings. The lowest BCUT2D eigenvalue weighted by Gasteiger charge is -2.33. The highest BCUT2D eigenvalue weighted by Gasteiger charge is 2.26. The summed E-state index contributed by atoms with van der Waals surface area (Å²) in [7, 11) is 1.55. The first-order valence-corrected chi connectivity index (χ1v) is 5.62. The summed E-state index contributed by atoms with van der Waals surface area (Å²) >= 11 is 0. The largest absolute Gasteiger partial charge is 0.494 e. The SMILES string of the molecule is COc1cc(N)ncc1N1CCN[C@@H](C(=O)O)C1. The number of rotatable bonds is 3. The molecule has 1 aromatic heterocycles. The Morgan fingerprint density at radius 2 is 2.50 bits per heavy atom. The van der Waals surface area contributed by atoms with Gasteiger partial charge < -0.3 is 25.8 Å². The second kappa shape index (κ2) is 5.09. The van der Waals surface area contributed by atoms with Crippen molar-refractivity contribution >= 4 is 17.5 Å². The first-order valence-electron chi connectivity index (χ1n) is 5.62. The van der Waals surface area contributed by atoms with Crippen LogP contribution in [0, 0.1) is 0 Å². The molecule has 4 N–H and O–H groups in total. The number of nitrogens with one attached hydrogen (secondary N) is 1. The fourth-order valence-electron chi connectivity index (χ4n) is 1.98. The fourth-order valence-corrected chi connectivity index (χ4v) is 1.98. The van der Waals surface area contributed by atoms with Crippen molar-refractivity contribution in [1.82, 2.24) is 10.3 Å². The predicted octanol–water partition coefficient (Wildman–Crippen LogP) is -0.465. The van der Waals surface area contributed by atoms with Crippen molar-refractivity contribution < 1.29 is 14.6 Å². The van der Waals surface area contributed by atoms with Crippen LogP contribution in [0.15, 0.2) is 12.3 Å². The van der Waals surface area contributed by atoms with Crippen molar-refractivity contribution in [2.75, 3.05) is 37.4 Å². The first-order chi connectivity index (χ1) is 8.61. The number of hydrogen-bond donors (Lipinski definition) is 3. The van der Waals surface area contributed by atoms with E-state index in [-0.39, 0.29) is 0 Å². The number of carboxylic acids is 1.